The quantitative estimate of drug-likeness (QED) is 0.464. The smallest absolute Gasteiger partial charge is 0.0908 e. The van der Waals surface area contributed by atoms with E-state index in [1.807, 2.05) is 0 Å². The van der Waals surface area contributed by atoms with Crippen LogP contribution in [-0.2, 0) is 4.74 Å². The van der Waals surface area contributed by atoms with Crippen LogP contribution in [0.25, 0.3) is 0 Å². The first kappa shape index (κ1) is 11.1. The largest absolute Gasteiger partial charge is 0.504 e. The molecule has 0 radical (unpaired) electrons. The average molecular weight is 167 g/mol. The van der Waals surface area contributed by atoms with Crippen molar-refractivity contribution in [3.63, 3.8) is 0 Å². The van der Waals surface area contributed by atoms with Crippen molar-refractivity contribution >= 4 is 0 Å². The first-order valence-corrected chi connectivity index (χ1v) is 4.23. The van der Waals surface area contributed by atoms with Crippen LogP contribution >= 0.6 is 0 Å². The van der Waals surface area contributed by atoms with E-state index in [2.05, 4.69) is 30.6 Å². The fourth-order valence-corrected chi connectivity index (χ4v) is 0.766. The summed E-state index contributed by atoms with van der Waals surface area (Å²) < 4.78 is 4.70. The summed E-state index contributed by atoms with van der Waals surface area (Å²) in [6.45, 7) is 7.21. The highest BCUT2D eigenvalue weighted by Gasteiger charge is 1.92. The molecule has 0 aliphatic rings. The van der Waals surface area contributed by atoms with Crippen molar-refractivity contribution in [1.82, 2.24) is 4.90 Å². The summed E-state index contributed by atoms with van der Waals surface area (Å²) in [6.07, 6.45) is 3.29. The van der Waals surface area contributed by atoms with Gasteiger partial charge in [-0.2, -0.15) is 0 Å². The molecular weight excluding hydrogens is 150 g/mol. The van der Waals surface area contributed by atoms with Crippen LogP contribution in [0.4, 0.5) is 0 Å². The van der Waals surface area contributed by atoms with E-state index < -0.39 is 0 Å². The predicted molar refractivity (Wildman–Crippen MR) is 51.7 cm³/mol. The molecule has 0 aromatic carbocycles. The van der Waals surface area contributed by atoms with Crippen molar-refractivity contribution < 1.29 is 4.74 Å². The molecule has 0 aromatic rings. The van der Waals surface area contributed by atoms with Crippen LogP contribution in [0.3, 0.4) is 0 Å². The zero-order chi connectivity index (χ0) is 9.23. The molecule has 0 unspecified atom stereocenters. The molecule has 0 N–H and O–H groups in total. The lowest BCUT2D eigenvalue weighted by molar-refractivity contribution is 0.338. The summed E-state index contributed by atoms with van der Waals surface area (Å²) in [4.78, 5) is 2.26. The molecule has 0 bridgehead atoms. The molecule has 0 saturated carbocycles. The fourth-order valence-electron chi connectivity index (χ4n) is 0.766. The molecule has 68 valence electrons. The highest BCUT2D eigenvalue weighted by Crippen LogP contribution is 1.83. The number of nitrogens with zero attached hydrogens (tertiary/aromatic N) is 1. The lowest BCUT2D eigenvalue weighted by Gasteiger charge is -2.12. The van der Waals surface area contributed by atoms with E-state index >= 15 is 0 Å². The van der Waals surface area contributed by atoms with Crippen LogP contribution in [0, 0.1) is 11.8 Å². The first-order valence-electron chi connectivity index (χ1n) is 4.23. The van der Waals surface area contributed by atoms with Gasteiger partial charge in [0, 0.05) is 6.08 Å². The third-order valence-corrected chi connectivity index (χ3v) is 1.59. The lowest BCUT2D eigenvalue weighted by Crippen LogP contribution is -2.22. The molecule has 0 amide bonds. The Morgan fingerprint density at radius 3 is 2.50 bits per heavy atom. The van der Waals surface area contributed by atoms with E-state index in [0.29, 0.717) is 0 Å². The van der Waals surface area contributed by atoms with E-state index in [9.17, 15) is 0 Å². The molecule has 12 heavy (non-hydrogen) atoms. The third kappa shape index (κ3) is 5.82. The Labute approximate surface area is 75.2 Å². The molecule has 0 aliphatic heterocycles. The summed E-state index contributed by atoms with van der Waals surface area (Å²) in [6, 6.07) is 0. The molecular formula is C10H17NO. The Hall–Kier alpha value is -0.940. The van der Waals surface area contributed by atoms with Gasteiger partial charge in [0.1, 0.15) is 0 Å². The van der Waals surface area contributed by atoms with Gasteiger partial charge in [0.25, 0.3) is 0 Å². The Bertz CT molecular complexity index is 172. The van der Waals surface area contributed by atoms with Crippen molar-refractivity contribution in [1.29, 1.82) is 0 Å². The van der Waals surface area contributed by atoms with Crippen LogP contribution < -0.4 is 0 Å². The van der Waals surface area contributed by atoms with E-state index in [-0.39, 0.29) is 0 Å². The molecule has 0 rings (SSSR count). The zero-order valence-electron chi connectivity index (χ0n) is 8.13. The third-order valence-electron chi connectivity index (χ3n) is 1.59. The number of methoxy groups -OCH3 is 1. The van der Waals surface area contributed by atoms with Crippen molar-refractivity contribution in [2.24, 2.45) is 0 Å². The number of hydrogen-bond donors (Lipinski definition) is 0. The van der Waals surface area contributed by atoms with Crippen molar-refractivity contribution in [2.45, 2.75) is 13.8 Å². The van der Waals surface area contributed by atoms with Gasteiger partial charge in [0.15, 0.2) is 0 Å². The topological polar surface area (TPSA) is 12.5 Å². The minimum Gasteiger partial charge on any atom is -0.504 e. The summed E-state index contributed by atoms with van der Waals surface area (Å²) in [7, 11) is 1.61. The normalized spacial score (nSPS) is 10.0. The Morgan fingerprint density at radius 1 is 1.33 bits per heavy atom. The molecule has 2 heteroatoms. The SMILES string of the molecule is CCN(CC)CC#CC=COC. The van der Waals surface area contributed by atoms with Gasteiger partial charge in [-0.15, -0.1) is 0 Å². The fraction of sp³-hybridized carbons (Fsp3) is 0.600. The monoisotopic (exact) mass is 167 g/mol. The number of ether oxygens (including phenoxy) is 1. The Morgan fingerprint density at radius 2 is 2.00 bits per heavy atom. The van der Waals surface area contributed by atoms with Gasteiger partial charge >= 0.3 is 0 Å². The molecule has 0 heterocycles. The maximum absolute atomic E-state index is 4.70. The maximum Gasteiger partial charge on any atom is 0.0908 e. The number of rotatable bonds is 4. The second-order valence-electron chi connectivity index (χ2n) is 2.32. The molecule has 0 atom stereocenters. The standard InChI is InChI=1S/C10H17NO/c1-4-11(5-2)9-7-6-8-10-12-3/h8,10H,4-5,9H2,1-3H3. The van der Waals surface area contributed by atoms with Gasteiger partial charge in [0.2, 0.25) is 0 Å². The van der Waals surface area contributed by atoms with E-state index in [1.54, 1.807) is 19.4 Å². The molecule has 0 spiro atoms. The van der Waals surface area contributed by atoms with Gasteiger partial charge in [0.05, 0.1) is 19.9 Å². The highest BCUT2D eigenvalue weighted by atomic mass is 16.5. The number of allylic oxidation sites excluding steroid dienone is 1. The van der Waals surface area contributed by atoms with Crippen LogP contribution in [0.5, 0.6) is 0 Å². The minimum absolute atomic E-state index is 0.834. The van der Waals surface area contributed by atoms with Crippen LogP contribution in [0.2, 0.25) is 0 Å². The zero-order valence-corrected chi connectivity index (χ0v) is 8.13. The van der Waals surface area contributed by atoms with Gasteiger partial charge in [-0.3, -0.25) is 4.90 Å². The van der Waals surface area contributed by atoms with Gasteiger partial charge in [-0.1, -0.05) is 25.7 Å². The van der Waals surface area contributed by atoms with E-state index in [0.717, 1.165) is 19.6 Å². The lowest BCUT2D eigenvalue weighted by atomic mass is 10.4. The molecule has 0 saturated heterocycles. The summed E-state index contributed by atoms with van der Waals surface area (Å²) in [5.41, 5.74) is 0. The van der Waals surface area contributed by atoms with Crippen molar-refractivity contribution in [3.05, 3.63) is 12.3 Å². The predicted octanol–water partition coefficient (Wildman–Crippen LogP) is 1.49. The minimum atomic E-state index is 0.834. The van der Waals surface area contributed by atoms with Gasteiger partial charge in [-0.05, 0) is 13.1 Å². The first-order chi connectivity index (χ1) is 5.85. The van der Waals surface area contributed by atoms with Crippen LogP contribution in [0.1, 0.15) is 13.8 Å². The van der Waals surface area contributed by atoms with Gasteiger partial charge in [-0.25, -0.2) is 0 Å². The summed E-state index contributed by atoms with van der Waals surface area (Å²) >= 11 is 0. The second-order valence-corrected chi connectivity index (χ2v) is 2.32. The van der Waals surface area contributed by atoms with Crippen LogP contribution in [0.15, 0.2) is 12.3 Å². The van der Waals surface area contributed by atoms with E-state index in [4.69, 9.17) is 4.74 Å². The van der Waals surface area contributed by atoms with E-state index in [1.165, 1.54) is 0 Å². The van der Waals surface area contributed by atoms with Crippen molar-refractivity contribution in [2.75, 3.05) is 26.7 Å². The molecule has 2 nitrogen and oxygen atoms in total. The van der Waals surface area contributed by atoms with Crippen LogP contribution in [-0.4, -0.2) is 31.6 Å². The Kier molecular flexibility index (Phi) is 7.52. The molecule has 0 fully saturated rings. The Balaban J connectivity index is 3.61. The molecule has 0 aliphatic carbocycles. The highest BCUT2D eigenvalue weighted by molar-refractivity contribution is 5.14. The average Bonchev–Trinajstić information content (AvgIpc) is 2.11. The molecule has 0 aromatic heterocycles. The maximum atomic E-state index is 4.70. The number of hydrogen-bond acceptors (Lipinski definition) is 2. The van der Waals surface area contributed by atoms with Gasteiger partial charge < -0.3 is 4.74 Å². The second kappa shape index (κ2) is 8.16. The summed E-state index contributed by atoms with van der Waals surface area (Å²) in [5, 5.41) is 0. The van der Waals surface area contributed by atoms with Crippen molar-refractivity contribution in [3.8, 4) is 11.8 Å². The summed E-state index contributed by atoms with van der Waals surface area (Å²) in [5.74, 6) is 5.92.